The lowest BCUT2D eigenvalue weighted by Crippen LogP contribution is -2.30. The van der Waals surface area contributed by atoms with Gasteiger partial charge in [0, 0.05) is 25.5 Å². The van der Waals surface area contributed by atoms with Crippen molar-refractivity contribution in [1.82, 2.24) is 0 Å². The Hall–Kier alpha value is -2.82. The molecule has 0 unspecified atom stereocenters. The predicted molar refractivity (Wildman–Crippen MR) is 105 cm³/mol. The van der Waals surface area contributed by atoms with Gasteiger partial charge in [-0.2, -0.15) is 0 Å². The molecule has 2 rings (SSSR count). The van der Waals surface area contributed by atoms with Crippen LogP contribution in [0.4, 0.5) is 11.4 Å². The minimum atomic E-state index is -0.898. The first-order chi connectivity index (χ1) is 12.2. The Morgan fingerprint density at radius 1 is 1.04 bits per heavy atom. The van der Waals surface area contributed by atoms with Crippen LogP contribution in [-0.2, 0) is 9.53 Å². The second-order valence-corrected chi connectivity index (χ2v) is 6.76. The van der Waals surface area contributed by atoms with Gasteiger partial charge < -0.3 is 15.0 Å². The molecule has 0 aliphatic heterocycles. The monoisotopic (exact) mass is 354 g/mol. The predicted octanol–water partition coefficient (Wildman–Crippen LogP) is 3.86. The Labute approximate surface area is 155 Å². The molecule has 0 aliphatic rings. The van der Waals surface area contributed by atoms with Crippen LogP contribution in [0.3, 0.4) is 0 Å². The molecule has 0 aliphatic carbocycles. The summed E-state index contributed by atoms with van der Waals surface area (Å²) in [6.07, 6.45) is -0.898. The fraction of sp³-hybridized carbons (Fsp3) is 0.333. The Morgan fingerprint density at radius 3 is 2.23 bits per heavy atom. The highest BCUT2D eigenvalue weighted by Gasteiger charge is 2.20. The highest BCUT2D eigenvalue weighted by molar-refractivity contribution is 5.98. The molecule has 0 heterocycles. The minimum Gasteiger partial charge on any atom is -0.449 e. The summed E-state index contributed by atoms with van der Waals surface area (Å²) in [6.45, 7) is 7.47. The zero-order valence-electron chi connectivity index (χ0n) is 16.2. The van der Waals surface area contributed by atoms with E-state index in [4.69, 9.17) is 4.74 Å². The zero-order valence-corrected chi connectivity index (χ0v) is 16.2. The smallest absolute Gasteiger partial charge is 0.338 e. The first-order valence-electron chi connectivity index (χ1n) is 8.56. The third-order valence-corrected chi connectivity index (χ3v) is 4.18. The number of nitrogens with one attached hydrogen (secondary N) is 1. The maximum atomic E-state index is 12.4. The van der Waals surface area contributed by atoms with Crippen molar-refractivity contribution in [3.63, 3.8) is 0 Å². The summed E-state index contributed by atoms with van der Waals surface area (Å²) in [6, 6.07) is 11.1. The van der Waals surface area contributed by atoms with Crippen LogP contribution in [0.1, 0.15) is 34.0 Å². The number of nitrogens with zero attached hydrogens (tertiary/aromatic N) is 1. The number of rotatable bonds is 5. The van der Waals surface area contributed by atoms with Gasteiger partial charge in [0.05, 0.1) is 5.56 Å². The van der Waals surface area contributed by atoms with E-state index in [1.165, 1.54) is 0 Å². The topological polar surface area (TPSA) is 58.6 Å². The lowest BCUT2D eigenvalue weighted by atomic mass is 10.0. The van der Waals surface area contributed by atoms with Crippen molar-refractivity contribution in [3.05, 3.63) is 58.7 Å². The van der Waals surface area contributed by atoms with Gasteiger partial charge in [-0.25, -0.2) is 4.79 Å². The number of amides is 1. The van der Waals surface area contributed by atoms with Crippen molar-refractivity contribution in [3.8, 4) is 0 Å². The molecular formula is C21H26N2O3. The van der Waals surface area contributed by atoms with Crippen LogP contribution in [-0.4, -0.2) is 32.1 Å². The number of aryl methyl sites for hydroxylation is 3. The van der Waals surface area contributed by atoms with Gasteiger partial charge in [-0.05, 0) is 57.0 Å². The second kappa shape index (κ2) is 8.04. The van der Waals surface area contributed by atoms with Crippen LogP contribution in [0.5, 0.6) is 0 Å². The minimum absolute atomic E-state index is 0.350. The fourth-order valence-corrected chi connectivity index (χ4v) is 2.80. The Balaban J connectivity index is 2.07. The Bertz CT molecular complexity index is 805. The molecule has 138 valence electrons. The second-order valence-electron chi connectivity index (χ2n) is 6.76. The summed E-state index contributed by atoms with van der Waals surface area (Å²) in [5.41, 5.74) is 5.17. The van der Waals surface area contributed by atoms with Gasteiger partial charge in [-0.3, -0.25) is 4.79 Å². The van der Waals surface area contributed by atoms with Crippen molar-refractivity contribution >= 4 is 23.3 Å². The average Bonchev–Trinajstić information content (AvgIpc) is 2.57. The van der Waals surface area contributed by atoms with Gasteiger partial charge in [0.15, 0.2) is 6.10 Å². The maximum Gasteiger partial charge on any atom is 0.338 e. The summed E-state index contributed by atoms with van der Waals surface area (Å²) in [5.74, 6) is -0.870. The standard InChI is InChI=1S/C21H26N2O3/c1-13-10-14(2)19(15(3)11-13)22-20(24)16(4)26-21(25)17-8-7-9-18(12-17)23(5)6/h7-12,16H,1-6H3,(H,22,24)/t16-/m1/s1. The molecular weight excluding hydrogens is 328 g/mol. The number of benzene rings is 2. The number of anilines is 2. The summed E-state index contributed by atoms with van der Waals surface area (Å²) in [4.78, 5) is 26.7. The molecule has 0 bridgehead atoms. The maximum absolute atomic E-state index is 12.4. The quantitative estimate of drug-likeness (QED) is 0.828. The van der Waals surface area contributed by atoms with Crippen molar-refractivity contribution in [2.24, 2.45) is 0 Å². The number of esters is 1. The summed E-state index contributed by atoms with van der Waals surface area (Å²) < 4.78 is 5.34. The molecule has 0 aromatic heterocycles. The normalized spacial score (nSPS) is 11.6. The van der Waals surface area contributed by atoms with Gasteiger partial charge in [0.2, 0.25) is 0 Å². The lowest BCUT2D eigenvalue weighted by Gasteiger charge is -2.17. The van der Waals surface area contributed by atoms with Crippen LogP contribution in [0.25, 0.3) is 0 Å². The molecule has 0 saturated heterocycles. The molecule has 1 N–H and O–H groups in total. The largest absolute Gasteiger partial charge is 0.449 e. The van der Waals surface area contributed by atoms with E-state index in [0.29, 0.717) is 5.56 Å². The number of carbonyl (C=O) groups is 2. The number of ether oxygens (including phenoxy) is 1. The number of hydrogen-bond acceptors (Lipinski definition) is 4. The van der Waals surface area contributed by atoms with Crippen molar-refractivity contribution < 1.29 is 14.3 Å². The molecule has 0 fully saturated rings. The van der Waals surface area contributed by atoms with E-state index < -0.39 is 12.1 Å². The van der Waals surface area contributed by atoms with E-state index in [1.54, 1.807) is 25.1 Å². The summed E-state index contributed by atoms with van der Waals surface area (Å²) in [5, 5.41) is 2.87. The Morgan fingerprint density at radius 2 is 1.65 bits per heavy atom. The lowest BCUT2D eigenvalue weighted by molar-refractivity contribution is -0.123. The summed E-state index contributed by atoms with van der Waals surface area (Å²) >= 11 is 0. The molecule has 0 spiro atoms. The van der Waals surface area contributed by atoms with Gasteiger partial charge in [-0.1, -0.05) is 23.8 Å². The molecule has 5 heteroatoms. The molecule has 26 heavy (non-hydrogen) atoms. The molecule has 1 amide bonds. The first kappa shape index (κ1) is 19.5. The molecule has 1 atom stereocenters. The van der Waals surface area contributed by atoms with Crippen LogP contribution in [0.15, 0.2) is 36.4 Å². The molecule has 0 saturated carbocycles. The third-order valence-electron chi connectivity index (χ3n) is 4.18. The van der Waals surface area contributed by atoms with Crippen LogP contribution < -0.4 is 10.2 Å². The number of carbonyl (C=O) groups excluding carboxylic acids is 2. The van der Waals surface area contributed by atoms with Crippen LogP contribution in [0, 0.1) is 20.8 Å². The summed E-state index contributed by atoms with van der Waals surface area (Å²) in [7, 11) is 3.79. The van der Waals surface area contributed by atoms with Gasteiger partial charge in [-0.15, -0.1) is 0 Å². The van der Waals surface area contributed by atoms with Crippen LogP contribution >= 0.6 is 0 Å². The van der Waals surface area contributed by atoms with E-state index in [9.17, 15) is 9.59 Å². The SMILES string of the molecule is Cc1cc(C)c(NC(=O)[C@@H](C)OC(=O)c2cccc(N(C)C)c2)c(C)c1. The Kier molecular flexibility index (Phi) is 6.03. The fourth-order valence-electron chi connectivity index (χ4n) is 2.80. The zero-order chi connectivity index (χ0) is 19.4. The first-order valence-corrected chi connectivity index (χ1v) is 8.56. The van der Waals surface area contributed by atoms with Crippen molar-refractivity contribution in [1.29, 1.82) is 0 Å². The van der Waals surface area contributed by atoms with Gasteiger partial charge in [0.25, 0.3) is 5.91 Å². The molecule has 2 aromatic rings. The van der Waals surface area contributed by atoms with E-state index in [1.807, 2.05) is 58.0 Å². The third kappa shape index (κ3) is 4.63. The molecule has 5 nitrogen and oxygen atoms in total. The van der Waals surface area contributed by atoms with Crippen molar-refractivity contribution in [2.75, 3.05) is 24.3 Å². The van der Waals surface area contributed by atoms with Gasteiger partial charge >= 0.3 is 5.97 Å². The molecule has 0 radical (unpaired) electrons. The van der Waals surface area contributed by atoms with E-state index >= 15 is 0 Å². The van der Waals surface area contributed by atoms with Crippen molar-refractivity contribution in [2.45, 2.75) is 33.8 Å². The highest BCUT2D eigenvalue weighted by Crippen LogP contribution is 2.22. The van der Waals surface area contributed by atoms with Crippen LogP contribution in [0.2, 0.25) is 0 Å². The highest BCUT2D eigenvalue weighted by atomic mass is 16.5. The molecule has 2 aromatic carbocycles. The van der Waals surface area contributed by atoms with E-state index in [2.05, 4.69) is 5.32 Å². The average molecular weight is 354 g/mol. The van der Waals surface area contributed by atoms with E-state index in [-0.39, 0.29) is 5.91 Å². The number of hydrogen-bond donors (Lipinski definition) is 1. The van der Waals surface area contributed by atoms with E-state index in [0.717, 1.165) is 28.1 Å². The van der Waals surface area contributed by atoms with Gasteiger partial charge in [0.1, 0.15) is 0 Å².